The number of rotatable bonds is 5. The summed E-state index contributed by atoms with van der Waals surface area (Å²) < 4.78 is 28.4. The van der Waals surface area contributed by atoms with Crippen molar-refractivity contribution in [3.63, 3.8) is 0 Å². The van der Waals surface area contributed by atoms with Crippen molar-refractivity contribution in [2.45, 2.75) is 18.4 Å². The van der Waals surface area contributed by atoms with E-state index >= 15 is 0 Å². The van der Waals surface area contributed by atoms with Gasteiger partial charge in [-0.1, -0.05) is 53.2 Å². The molecule has 0 heterocycles. The fourth-order valence-corrected chi connectivity index (χ4v) is 5.12. The van der Waals surface area contributed by atoms with Gasteiger partial charge in [-0.2, -0.15) is 4.31 Å². The topological polar surface area (TPSA) is 37.4 Å². The summed E-state index contributed by atoms with van der Waals surface area (Å²) in [5.41, 5.74) is 0.969. The Morgan fingerprint density at radius 2 is 1.71 bits per heavy atom. The van der Waals surface area contributed by atoms with Gasteiger partial charge >= 0.3 is 0 Å². The first kappa shape index (κ1) is 16.7. The minimum atomic E-state index is -3.53. The van der Waals surface area contributed by atoms with E-state index in [-0.39, 0.29) is 4.90 Å². The number of sulfonamides is 1. The third-order valence-electron chi connectivity index (χ3n) is 3.07. The van der Waals surface area contributed by atoms with Gasteiger partial charge in [0.2, 0.25) is 10.0 Å². The fourth-order valence-electron chi connectivity index (χ4n) is 1.98. The minimum Gasteiger partial charge on any atom is -0.207 e. The first-order valence-electron chi connectivity index (χ1n) is 6.44. The molecule has 0 spiro atoms. The second-order valence-electron chi connectivity index (χ2n) is 4.49. The second-order valence-corrected chi connectivity index (χ2v) is 8.17. The van der Waals surface area contributed by atoms with Crippen LogP contribution >= 0.6 is 31.9 Å². The summed E-state index contributed by atoms with van der Waals surface area (Å²) in [6.45, 7) is 2.62. The lowest BCUT2D eigenvalue weighted by atomic mass is 10.2. The fraction of sp³-hybridized carbons (Fsp3) is 0.200. The molecule has 2 aromatic rings. The molecule has 21 heavy (non-hydrogen) atoms. The van der Waals surface area contributed by atoms with Gasteiger partial charge in [0.15, 0.2) is 0 Å². The van der Waals surface area contributed by atoms with Crippen LogP contribution in [0.1, 0.15) is 12.5 Å². The normalized spacial score (nSPS) is 11.8. The molecule has 0 N–H and O–H groups in total. The average molecular weight is 433 g/mol. The van der Waals surface area contributed by atoms with Crippen LogP contribution in [-0.4, -0.2) is 19.3 Å². The number of nitrogens with zero attached hydrogens (tertiary/aromatic N) is 1. The summed E-state index contributed by atoms with van der Waals surface area (Å²) in [4.78, 5) is 0.281. The lowest BCUT2D eigenvalue weighted by Crippen LogP contribution is -2.30. The molecule has 2 aromatic carbocycles. The van der Waals surface area contributed by atoms with Crippen molar-refractivity contribution in [3.8, 4) is 0 Å². The van der Waals surface area contributed by atoms with E-state index in [1.54, 1.807) is 18.2 Å². The molecular weight excluding hydrogens is 418 g/mol. The van der Waals surface area contributed by atoms with Crippen molar-refractivity contribution in [1.29, 1.82) is 0 Å². The first-order chi connectivity index (χ1) is 9.95. The van der Waals surface area contributed by atoms with Crippen molar-refractivity contribution in [2.24, 2.45) is 0 Å². The van der Waals surface area contributed by atoms with Crippen LogP contribution in [0.3, 0.4) is 0 Å². The predicted molar refractivity (Wildman–Crippen MR) is 91.6 cm³/mol. The molecule has 0 aromatic heterocycles. The van der Waals surface area contributed by atoms with Crippen molar-refractivity contribution >= 4 is 41.9 Å². The number of halogens is 2. The standard InChI is InChI=1S/C15H15Br2NO2S/c1-2-18(11-12-6-4-3-5-7-12)21(19,20)15-9-8-13(16)10-14(15)17/h3-10H,2,11H2,1H3. The van der Waals surface area contributed by atoms with Gasteiger partial charge in [-0.15, -0.1) is 0 Å². The van der Waals surface area contributed by atoms with E-state index in [0.29, 0.717) is 17.6 Å². The lowest BCUT2D eigenvalue weighted by Gasteiger charge is -2.21. The van der Waals surface area contributed by atoms with E-state index in [4.69, 9.17) is 0 Å². The zero-order valence-corrected chi connectivity index (χ0v) is 15.4. The molecule has 112 valence electrons. The van der Waals surface area contributed by atoms with Crippen molar-refractivity contribution in [2.75, 3.05) is 6.54 Å². The number of hydrogen-bond acceptors (Lipinski definition) is 2. The van der Waals surface area contributed by atoms with Crippen LogP contribution in [0, 0.1) is 0 Å². The highest BCUT2D eigenvalue weighted by atomic mass is 79.9. The highest BCUT2D eigenvalue weighted by Crippen LogP contribution is 2.28. The molecule has 0 bridgehead atoms. The number of hydrogen-bond donors (Lipinski definition) is 0. The molecule has 0 unspecified atom stereocenters. The van der Waals surface area contributed by atoms with Gasteiger partial charge in [0.05, 0.1) is 4.90 Å². The molecule has 2 rings (SSSR count). The lowest BCUT2D eigenvalue weighted by molar-refractivity contribution is 0.423. The smallest absolute Gasteiger partial charge is 0.207 e. The van der Waals surface area contributed by atoms with Crippen molar-refractivity contribution < 1.29 is 8.42 Å². The number of benzene rings is 2. The van der Waals surface area contributed by atoms with Crippen LogP contribution in [0.2, 0.25) is 0 Å². The summed E-state index contributed by atoms with van der Waals surface area (Å²) in [6, 6.07) is 14.7. The molecule has 0 saturated heterocycles. The van der Waals surface area contributed by atoms with Gasteiger partial charge < -0.3 is 0 Å². The molecule has 0 aliphatic heterocycles. The third-order valence-corrected chi connectivity index (χ3v) is 6.46. The van der Waals surface area contributed by atoms with E-state index in [9.17, 15) is 8.42 Å². The Labute approximate surface area is 142 Å². The summed E-state index contributed by atoms with van der Waals surface area (Å²) in [7, 11) is -3.53. The van der Waals surface area contributed by atoms with Crippen molar-refractivity contribution in [3.05, 3.63) is 63.0 Å². The monoisotopic (exact) mass is 431 g/mol. The quantitative estimate of drug-likeness (QED) is 0.701. The SMILES string of the molecule is CCN(Cc1ccccc1)S(=O)(=O)c1ccc(Br)cc1Br. The van der Waals surface area contributed by atoms with Crippen molar-refractivity contribution in [1.82, 2.24) is 4.31 Å². The van der Waals surface area contributed by atoms with Gasteiger partial charge in [-0.25, -0.2) is 8.42 Å². The highest BCUT2D eigenvalue weighted by Gasteiger charge is 2.25. The van der Waals surface area contributed by atoms with Crippen LogP contribution < -0.4 is 0 Å². The van der Waals surface area contributed by atoms with Crippen LogP contribution in [-0.2, 0) is 16.6 Å². The first-order valence-corrected chi connectivity index (χ1v) is 9.47. The van der Waals surface area contributed by atoms with E-state index in [1.807, 2.05) is 37.3 Å². The maximum absolute atomic E-state index is 12.8. The molecule has 3 nitrogen and oxygen atoms in total. The third kappa shape index (κ3) is 3.94. The van der Waals surface area contributed by atoms with Gasteiger partial charge in [-0.3, -0.25) is 0 Å². The van der Waals surface area contributed by atoms with Gasteiger partial charge in [-0.05, 0) is 39.7 Å². The molecule has 0 amide bonds. The van der Waals surface area contributed by atoms with Crippen LogP contribution in [0.4, 0.5) is 0 Å². The van der Waals surface area contributed by atoms with Gasteiger partial charge in [0.1, 0.15) is 0 Å². The maximum Gasteiger partial charge on any atom is 0.244 e. The van der Waals surface area contributed by atoms with Crippen LogP contribution in [0.15, 0.2) is 62.4 Å². The summed E-state index contributed by atoms with van der Waals surface area (Å²) in [6.07, 6.45) is 0. The molecule has 0 fully saturated rings. The summed E-state index contributed by atoms with van der Waals surface area (Å²) >= 11 is 6.66. The molecule has 0 radical (unpaired) electrons. The average Bonchev–Trinajstić information content (AvgIpc) is 2.45. The Balaban J connectivity index is 2.36. The minimum absolute atomic E-state index is 0.281. The van der Waals surface area contributed by atoms with Crippen LogP contribution in [0.5, 0.6) is 0 Å². The molecule has 6 heteroatoms. The van der Waals surface area contributed by atoms with E-state index in [2.05, 4.69) is 31.9 Å². The van der Waals surface area contributed by atoms with E-state index < -0.39 is 10.0 Å². The molecule has 0 atom stereocenters. The molecule has 0 aliphatic rings. The molecule has 0 aliphatic carbocycles. The Hall–Kier alpha value is -0.690. The van der Waals surface area contributed by atoms with E-state index in [1.165, 1.54) is 4.31 Å². The summed E-state index contributed by atoms with van der Waals surface area (Å²) in [5, 5.41) is 0. The Morgan fingerprint density at radius 1 is 1.05 bits per heavy atom. The zero-order chi connectivity index (χ0) is 15.5. The maximum atomic E-state index is 12.8. The largest absolute Gasteiger partial charge is 0.244 e. The second kappa shape index (κ2) is 7.05. The van der Waals surface area contributed by atoms with E-state index in [0.717, 1.165) is 10.0 Å². The van der Waals surface area contributed by atoms with Gasteiger partial charge in [0.25, 0.3) is 0 Å². The highest BCUT2D eigenvalue weighted by molar-refractivity contribution is 9.11. The summed E-state index contributed by atoms with van der Waals surface area (Å²) in [5.74, 6) is 0. The molecular formula is C15H15Br2NO2S. The Kier molecular flexibility index (Phi) is 5.60. The predicted octanol–water partition coefficient (Wildman–Crippen LogP) is 4.42. The zero-order valence-electron chi connectivity index (χ0n) is 11.5. The molecule has 0 saturated carbocycles. The Bertz CT molecular complexity index is 718. The van der Waals surface area contributed by atoms with Gasteiger partial charge in [0, 0.05) is 22.0 Å². The Morgan fingerprint density at radius 3 is 2.29 bits per heavy atom. The van der Waals surface area contributed by atoms with Crippen LogP contribution in [0.25, 0.3) is 0 Å².